The molecule has 0 aliphatic heterocycles. The molecule has 0 fully saturated rings. The molecule has 2 aromatic rings. The van der Waals surface area contributed by atoms with Gasteiger partial charge in [0.15, 0.2) is 0 Å². The molecule has 0 bridgehead atoms. The van der Waals surface area contributed by atoms with E-state index in [2.05, 4.69) is 20.6 Å². The van der Waals surface area contributed by atoms with Crippen LogP contribution in [0.25, 0.3) is 0 Å². The van der Waals surface area contributed by atoms with Crippen molar-refractivity contribution in [3.05, 3.63) is 48.0 Å². The predicted molar refractivity (Wildman–Crippen MR) is 105 cm³/mol. The number of H-pyrrole nitrogens is 1. The summed E-state index contributed by atoms with van der Waals surface area (Å²) in [4.78, 5) is 43.3. The van der Waals surface area contributed by atoms with Crippen LogP contribution >= 0.6 is 0 Å². The van der Waals surface area contributed by atoms with E-state index in [1.54, 1.807) is 12.1 Å². The molecule has 0 aliphatic rings. The average molecular weight is 419 g/mol. The molecule has 0 saturated carbocycles. The van der Waals surface area contributed by atoms with Gasteiger partial charge in [-0.2, -0.15) is 0 Å². The molecule has 11 nitrogen and oxygen atoms in total. The molecule has 0 saturated heterocycles. The maximum atomic E-state index is 12.8. The minimum atomic E-state index is -1.27. The van der Waals surface area contributed by atoms with Gasteiger partial charge in [0.05, 0.1) is 12.4 Å². The molecule has 2 rings (SSSR count). The molecular formula is C19H25N5O6. The summed E-state index contributed by atoms with van der Waals surface area (Å²) in [5.74, 6) is -2.72. The Morgan fingerprint density at radius 1 is 1.10 bits per heavy atom. The van der Waals surface area contributed by atoms with Gasteiger partial charge >= 0.3 is 5.97 Å². The minimum absolute atomic E-state index is 0.00957. The molecule has 1 aromatic heterocycles. The highest BCUT2D eigenvalue weighted by molar-refractivity contribution is 5.92. The molecule has 4 atom stereocenters. The Morgan fingerprint density at radius 2 is 1.73 bits per heavy atom. The number of imidazole rings is 1. The van der Waals surface area contributed by atoms with Crippen LogP contribution in [0.1, 0.15) is 18.2 Å². The van der Waals surface area contributed by atoms with E-state index in [0.29, 0.717) is 11.3 Å². The predicted octanol–water partition coefficient (Wildman–Crippen LogP) is -1.34. The number of hydrogen-bond acceptors (Lipinski definition) is 7. The standard InChI is InChI=1S/C19H25N5O6/c1-10(25)16(20)18(28)23-14(7-12-8-21-9-22-12)17(27)24-15(19(29)30)6-11-2-4-13(26)5-3-11/h2-5,8-10,14-16,25-26H,6-7,20H2,1H3,(H,21,22)(H,23,28)(H,24,27)(H,29,30)/t10-,14+,15+,16+/m1/s1. The number of phenols is 1. The van der Waals surface area contributed by atoms with Crippen LogP contribution in [0, 0.1) is 0 Å². The van der Waals surface area contributed by atoms with Gasteiger partial charge in [0, 0.05) is 24.7 Å². The first kappa shape index (κ1) is 22.8. The number of nitrogens with zero attached hydrogens (tertiary/aromatic N) is 1. The Hall–Kier alpha value is -3.44. The van der Waals surface area contributed by atoms with Crippen LogP contribution in [0.2, 0.25) is 0 Å². The quantitative estimate of drug-likeness (QED) is 0.246. The number of aromatic nitrogens is 2. The number of nitrogens with one attached hydrogen (secondary N) is 3. The highest BCUT2D eigenvalue weighted by atomic mass is 16.4. The van der Waals surface area contributed by atoms with Crippen LogP contribution in [-0.4, -0.2) is 67.3 Å². The number of aliphatic hydroxyl groups excluding tert-OH is 1. The molecule has 30 heavy (non-hydrogen) atoms. The van der Waals surface area contributed by atoms with Crippen molar-refractivity contribution in [1.82, 2.24) is 20.6 Å². The normalized spacial score (nSPS) is 14.9. The molecule has 162 valence electrons. The van der Waals surface area contributed by atoms with Gasteiger partial charge in [-0.3, -0.25) is 9.59 Å². The zero-order valence-electron chi connectivity index (χ0n) is 16.3. The summed E-state index contributed by atoms with van der Waals surface area (Å²) in [7, 11) is 0. The number of amides is 2. The maximum Gasteiger partial charge on any atom is 0.326 e. The first-order valence-electron chi connectivity index (χ1n) is 9.19. The molecule has 11 heteroatoms. The fraction of sp³-hybridized carbons (Fsp3) is 0.368. The lowest BCUT2D eigenvalue weighted by Gasteiger charge is -2.23. The van der Waals surface area contributed by atoms with Crippen molar-refractivity contribution in [2.45, 2.75) is 44.0 Å². The molecule has 1 heterocycles. The number of hydrogen-bond donors (Lipinski definition) is 7. The number of carboxylic acid groups (broad SMARTS) is 1. The third-order valence-electron chi connectivity index (χ3n) is 4.43. The topological polar surface area (TPSA) is 191 Å². The van der Waals surface area contributed by atoms with Crippen LogP contribution in [0.3, 0.4) is 0 Å². The zero-order valence-corrected chi connectivity index (χ0v) is 16.3. The van der Waals surface area contributed by atoms with Crippen LogP contribution in [0.4, 0.5) is 0 Å². The first-order chi connectivity index (χ1) is 14.2. The van der Waals surface area contributed by atoms with E-state index in [1.165, 1.54) is 31.6 Å². The van der Waals surface area contributed by atoms with Crippen LogP contribution in [0.15, 0.2) is 36.8 Å². The number of aliphatic hydroxyl groups is 1. The smallest absolute Gasteiger partial charge is 0.326 e. The van der Waals surface area contributed by atoms with Gasteiger partial charge in [0.1, 0.15) is 23.9 Å². The van der Waals surface area contributed by atoms with Crippen LogP contribution < -0.4 is 16.4 Å². The summed E-state index contributed by atoms with van der Waals surface area (Å²) < 4.78 is 0. The third-order valence-corrected chi connectivity index (χ3v) is 4.43. The number of carboxylic acids is 1. The highest BCUT2D eigenvalue weighted by Crippen LogP contribution is 2.12. The van der Waals surface area contributed by atoms with Gasteiger partial charge in [0.25, 0.3) is 0 Å². The summed E-state index contributed by atoms with van der Waals surface area (Å²) >= 11 is 0. The Morgan fingerprint density at radius 3 is 2.27 bits per heavy atom. The Labute approximate surface area is 172 Å². The van der Waals surface area contributed by atoms with Crippen molar-refractivity contribution in [3.8, 4) is 5.75 Å². The van der Waals surface area contributed by atoms with E-state index in [9.17, 15) is 29.7 Å². The molecule has 0 aliphatic carbocycles. The summed E-state index contributed by atoms with van der Waals surface area (Å²) in [6.07, 6.45) is 1.71. The number of rotatable bonds is 10. The van der Waals surface area contributed by atoms with Crippen molar-refractivity contribution in [2.75, 3.05) is 0 Å². The number of carbonyl (C=O) groups excluding carboxylic acids is 2. The second-order valence-corrected chi connectivity index (χ2v) is 6.88. The van der Waals surface area contributed by atoms with Crippen molar-refractivity contribution in [1.29, 1.82) is 0 Å². The number of carbonyl (C=O) groups is 3. The molecule has 0 unspecified atom stereocenters. The Kier molecular flexibility index (Phi) is 7.90. The Balaban J connectivity index is 2.14. The van der Waals surface area contributed by atoms with E-state index >= 15 is 0 Å². The number of benzene rings is 1. The number of aromatic amines is 1. The largest absolute Gasteiger partial charge is 0.508 e. The summed E-state index contributed by atoms with van der Waals surface area (Å²) in [6.45, 7) is 1.34. The van der Waals surface area contributed by atoms with Crippen LogP contribution in [0.5, 0.6) is 5.75 Å². The molecule has 2 amide bonds. The van der Waals surface area contributed by atoms with E-state index in [4.69, 9.17) is 5.73 Å². The van der Waals surface area contributed by atoms with Crippen molar-refractivity contribution >= 4 is 17.8 Å². The number of aromatic hydroxyl groups is 1. The van der Waals surface area contributed by atoms with Gasteiger partial charge in [-0.1, -0.05) is 12.1 Å². The third kappa shape index (κ3) is 6.57. The minimum Gasteiger partial charge on any atom is -0.508 e. The molecule has 0 radical (unpaired) electrons. The van der Waals surface area contributed by atoms with E-state index in [1.807, 2.05) is 0 Å². The van der Waals surface area contributed by atoms with Gasteiger partial charge < -0.3 is 36.7 Å². The summed E-state index contributed by atoms with van der Waals surface area (Å²) in [6, 6.07) is 2.24. The average Bonchev–Trinajstić information content (AvgIpc) is 3.20. The first-order valence-corrected chi connectivity index (χ1v) is 9.19. The summed E-state index contributed by atoms with van der Waals surface area (Å²) in [5.41, 5.74) is 6.74. The lowest BCUT2D eigenvalue weighted by molar-refractivity contribution is -0.142. The van der Waals surface area contributed by atoms with Gasteiger partial charge in [-0.05, 0) is 24.6 Å². The lowest BCUT2D eigenvalue weighted by Crippen LogP contribution is -2.57. The monoisotopic (exact) mass is 419 g/mol. The molecule has 8 N–H and O–H groups in total. The zero-order chi connectivity index (χ0) is 22.3. The van der Waals surface area contributed by atoms with Crippen molar-refractivity contribution < 1.29 is 29.7 Å². The maximum absolute atomic E-state index is 12.8. The van der Waals surface area contributed by atoms with Crippen LogP contribution in [-0.2, 0) is 27.2 Å². The number of phenolic OH excluding ortho intramolecular Hbond substituents is 1. The molecular weight excluding hydrogens is 394 g/mol. The second-order valence-electron chi connectivity index (χ2n) is 6.88. The van der Waals surface area contributed by atoms with Crippen molar-refractivity contribution in [3.63, 3.8) is 0 Å². The fourth-order valence-electron chi connectivity index (χ4n) is 2.65. The van der Waals surface area contributed by atoms with Crippen molar-refractivity contribution in [2.24, 2.45) is 5.73 Å². The molecule has 0 spiro atoms. The van der Waals surface area contributed by atoms with Gasteiger partial charge in [-0.15, -0.1) is 0 Å². The lowest BCUT2D eigenvalue weighted by atomic mass is 10.0. The number of nitrogens with two attached hydrogens (primary N) is 1. The van der Waals surface area contributed by atoms with E-state index in [-0.39, 0.29) is 18.6 Å². The highest BCUT2D eigenvalue weighted by Gasteiger charge is 2.29. The van der Waals surface area contributed by atoms with E-state index < -0.39 is 42.0 Å². The van der Waals surface area contributed by atoms with Gasteiger partial charge in [-0.25, -0.2) is 9.78 Å². The second kappa shape index (κ2) is 10.4. The fourth-order valence-corrected chi connectivity index (χ4v) is 2.65. The Bertz CT molecular complexity index is 853. The SMILES string of the molecule is C[C@@H](O)[C@H](N)C(=O)N[C@@H](Cc1cnc[nH]1)C(=O)N[C@@H](Cc1ccc(O)cc1)C(=O)O. The van der Waals surface area contributed by atoms with Gasteiger partial charge in [0.2, 0.25) is 11.8 Å². The molecule has 1 aromatic carbocycles. The summed E-state index contributed by atoms with van der Waals surface area (Å²) in [5, 5.41) is 33.2. The van der Waals surface area contributed by atoms with E-state index in [0.717, 1.165) is 0 Å². The number of aliphatic carboxylic acids is 1.